The highest BCUT2D eigenvalue weighted by molar-refractivity contribution is 5.94. The molecule has 0 aliphatic carbocycles. The minimum atomic E-state index is -1.07. The predicted octanol–water partition coefficient (Wildman–Crippen LogP) is 2.75. The average Bonchev–Trinajstić information content (AvgIpc) is 2.60. The summed E-state index contributed by atoms with van der Waals surface area (Å²) in [6, 6.07) is 12.6. The van der Waals surface area contributed by atoms with Crippen molar-refractivity contribution in [3.05, 3.63) is 54.1 Å². The molecule has 7 nitrogen and oxygen atoms in total. The molecule has 2 aromatic carbocycles. The minimum absolute atomic E-state index is 0.0816. The van der Waals surface area contributed by atoms with Crippen LogP contribution in [0.2, 0.25) is 0 Å². The van der Waals surface area contributed by atoms with Crippen LogP contribution in [0.4, 0.5) is 11.4 Å². The van der Waals surface area contributed by atoms with Gasteiger partial charge in [-0.15, -0.1) is 0 Å². The number of carboxylic acids is 1. The van der Waals surface area contributed by atoms with Crippen molar-refractivity contribution in [3.63, 3.8) is 0 Å². The Morgan fingerprint density at radius 3 is 2.28 bits per heavy atom. The number of aromatic carboxylic acids is 1. The normalized spacial score (nSPS) is 9.96. The summed E-state index contributed by atoms with van der Waals surface area (Å²) in [6.07, 6.45) is 0.364. The molecule has 2 amide bonds. The van der Waals surface area contributed by atoms with Crippen molar-refractivity contribution < 1.29 is 24.2 Å². The third-order valence-electron chi connectivity index (χ3n) is 3.20. The number of rotatable bonds is 7. The van der Waals surface area contributed by atoms with Gasteiger partial charge >= 0.3 is 5.97 Å². The van der Waals surface area contributed by atoms with E-state index >= 15 is 0 Å². The molecule has 0 saturated heterocycles. The smallest absolute Gasteiger partial charge is 0.335 e. The standard InChI is InChI=1S/C18H18N2O5/c1-2-16(21)19-14-7-4-8-15(10-14)25-11-17(22)20-13-6-3-5-12(9-13)18(23)24/h3-10H,2,11H2,1H3,(H,19,21)(H,20,22)(H,23,24). The lowest BCUT2D eigenvalue weighted by atomic mass is 10.2. The molecule has 0 fully saturated rings. The SMILES string of the molecule is CCC(=O)Nc1cccc(OCC(=O)Nc2cccc(C(=O)O)c2)c1. The van der Waals surface area contributed by atoms with Crippen LogP contribution in [0, 0.1) is 0 Å². The van der Waals surface area contributed by atoms with Gasteiger partial charge in [-0.3, -0.25) is 9.59 Å². The molecule has 0 aliphatic heterocycles. The van der Waals surface area contributed by atoms with Gasteiger partial charge in [-0.1, -0.05) is 19.1 Å². The van der Waals surface area contributed by atoms with Gasteiger partial charge in [-0.2, -0.15) is 0 Å². The third kappa shape index (κ3) is 5.65. The maximum Gasteiger partial charge on any atom is 0.335 e. The fraction of sp³-hybridized carbons (Fsp3) is 0.167. The zero-order chi connectivity index (χ0) is 18.2. The zero-order valence-corrected chi connectivity index (χ0v) is 13.6. The van der Waals surface area contributed by atoms with E-state index < -0.39 is 11.9 Å². The van der Waals surface area contributed by atoms with E-state index in [-0.39, 0.29) is 18.1 Å². The van der Waals surface area contributed by atoms with E-state index in [1.807, 2.05) is 0 Å². The molecule has 2 aromatic rings. The molecule has 130 valence electrons. The maximum atomic E-state index is 11.9. The van der Waals surface area contributed by atoms with E-state index in [0.717, 1.165) is 0 Å². The first-order chi connectivity index (χ1) is 12.0. The van der Waals surface area contributed by atoms with Crippen molar-refractivity contribution in [2.75, 3.05) is 17.2 Å². The van der Waals surface area contributed by atoms with E-state index in [4.69, 9.17) is 9.84 Å². The number of carbonyl (C=O) groups is 3. The molecule has 0 heterocycles. The number of amides is 2. The summed E-state index contributed by atoms with van der Waals surface area (Å²) in [5.41, 5.74) is 1.04. The molecular formula is C18H18N2O5. The number of carbonyl (C=O) groups excluding carboxylic acids is 2. The van der Waals surface area contributed by atoms with Crippen LogP contribution in [0.25, 0.3) is 0 Å². The summed E-state index contributed by atoms with van der Waals surface area (Å²) in [4.78, 5) is 34.2. The molecule has 0 unspecified atom stereocenters. The highest BCUT2D eigenvalue weighted by Gasteiger charge is 2.08. The second-order valence-electron chi connectivity index (χ2n) is 5.15. The average molecular weight is 342 g/mol. The van der Waals surface area contributed by atoms with E-state index in [9.17, 15) is 14.4 Å². The summed E-state index contributed by atoms with van der Waals surface area (Å²) in [6.45, 7) is 1.50. The van der Waals surface area contributed by atoms with Gasteiger partial charge in [0.1, 0.15) is 5.75 Å². The molecule has 2 rings (SSSR count). The van der Waals surface area contributed by atoms with Crippen molar-refractivity contribution in [1.82, 2.24) is 0 Å². The molecule has 0 spiro atoms. The number of ether oxygens (including phenoxy) is 1. The van der Waals surface area contributed by atoms with Crippen LogP contribution in [0.15, 0.2) is 48.5 Å². The van der Waals surface area contributed by atoms with Crippen LogP contribution in [0.3, 0.4) is 0 Å². The lowest BCUT2D eigenvalue weighted by Gasteiger charge is -2.09. The van der Waals surface area contributed by atoms with Gasteiger partial charge in [0.25, 0.3) is 5.91 Å². The van der Waals surface area contributed by atoms with Gasteiger partial charge in [0.05, 0.1) is 5.56 Å². The summed E-state index contributed by atoms with van der Waals surface area (Å²) in [5.74, 6) is -1.18. The first-order valence-electron chi connectivity index (χ1n) is 7.64. The predicted molar refractivity (Wildman–Crippen MR) is 92.9 cm³/mol. The largest absolute Gasteiger partial charge is 0.484 e. The van der Waals surface area contributed by atoms with Crippen LogP contribution in [0.1, 0.15) is 23.7 Å². The van der Waals surface area contributed by atoms with Gasteiger partial charge in [-0.25, -0.2) is 4.79 Å². The summed E-state index contributed by atoms with van der Waals surface area (Å²) in [7, 11) is 0. The fourth-order valence-corrected chi connectivity index (χ4v) is 1.99. The Morgan fingerprint density at radius 2 is 1.60 bits per heavy atom. The van der Waals surface area contributed by atoms with Gasteiger partial charge in [0.15, 0.2) is 6.61 Å². The van der Waals surface area contributed by atoms with Crippen LogP contribution >= 0.6 is 0 Å². The molecule has 0 radical (unpaired) electrons. The van der Waals surface area contributed by atoms with Gasteiger partial charge in [0.2, 0.25) is 5.91 Å². The number of benzene rings is 2. The first kappa shape index (κ1) is 18.0. The second-order valence-corrected chi connectivity index (χ2v) is 5.15. The Bertz CT molecular complexity index is 789. The Morgan fingerprint density at radius 1 is 0.960 bits per heavy atom. The Kier molecular flexibility index (Phi) is 6.11. The molecule has 25 heavy (non-hydrogen) atoms. The number of hydrogen-bond donors (Lipinski definition) is 3. The summed E-state index contributed by atoms with van der Waals surface area (Å²) in [5, 5.41) is 14.2. The number of anilines is 2. The molecule has 7 heteroatoms. The molecular weight excluding hydrogens is 324 g/mol. The Hall–Kier alpha value is -3.35. The summed E-state index contributed by atoms with van der Waals surface area (Å²) < 4.78 is 5.39. The van der Waals surface area contributed by atoms with Crippen LogP contribution in [-0.4, -0.2) is 29.5 Å². The zero-order valence-electron chi connectivity index (χ0n) is 13.6. The number of carboxylic acid groups (broad SMARTS) is 1. The lowest BCUT2D eigenvalue weighted by Crippen LogP contribution is -2.20. The van der Waals surface area contributed by atoms with Crippen LogP contribution in [0.5, 0.6) is 5.75 Å². The monoisotopic (exact) mass is 342 g/mol. The third-order valence-corrected chi connectivity index (χ3v) is 3.20. The van der Waals surface area contributed by atoms with E-state index in [1.165, 1.54) is 12.1 Å². The lowest BCUT2D eigenvalue weighted by molar-refractivity contribution is -0.118. The van der Waals surface area contributed by atoms with Crippen molar-refractivity contribution in [2.24, 2.45) is 0 Å². The Balaban J connectivity index is 1.91. The van der Waals surface area contributed by atoms with Gasteiger partial charge < -0.3 is 20.5 Å². The molecule has 3 N–H and O–H groups in total. The Labute approximate surface area is 144 Å². The topological polar surface area (TPSA) is 105 Å². The molecule has 0 saturated carbocycles. The molecule has 0 bridgehead atoms. The van der Waals surface area contributed by atoms with Crippen molar-refractivity contribution in [1.29, 1.82) is 0 Å². The summed E-state index contributed by atoms with van der Waals surface area (Å²) >= 11 is 0. The highest BCUT2D eigenvalue weighted by atomic mass is 16.5. The molecule has 0 atom stereocenters. The molecule has 0 aromatic heterocycles. The quantitative estimate of drug-likeness (QED) is 0.717. The first-order valence-corrected chi connectivity index (χ1v) is 7.64. The second kappa shape index (κ2) is 8.49. The highest BCUT2D eigenvalue weighted by Crippen LogP contribution is 2.18. The maximum absolute atomic E-state index is 11.9. The molecule has 0 aliphatic rings. The minimum Gasteiger partial charge on any atom is -0.484 e. The number of hydrogen-bond acceptors (Lipinski definition) is 4. The van der Waals surface area contributed by atoms with Gasteiger partial charge in [0, 0.05) is 23.9 Å². The van der Waals surface area contributed by atoms with E-state index in [2.05, 4.69) is 10.6 Å². The fourth-order valence-electron chi connectivity index (χ4n) is 1.99. The van der Waals surface area contributed by atoms with Crippen molar-refractivity contribution in [3.8, 4) is 5.75 Å². The van der Waals surface area contributed by atoms with Crippen molar-refractivity contribution >= 4 is 29.2 Å². The van der Waals surface area contributed by atoms with E-state index in [0.29, 0.717) is 23.5 Å². The van der Waals surface area contributed by atoms with E-state index in [1.54, 1.807) is 43.3 Å². The number of nitrogens with one attached hydrogen (secondary N) is 2. The van der Waals surface area contributed by atoms with Crippen molar-refractivity contribution in [2.45, 2.75) is 13.3 Å². The van der Waals surface area contributed by atoms with Crippen LogP contribution in [-0.2, 0) is 9.59 Å². The van der Waals surface area contributed by atoms with Gasteiger partial charge in [-0.05, 0) is 30.3 Å². The van der Waals surface area contributed by atoms with Crippen LogP contribution < -0.4 is 15.4 Å².